The molecular weight excluding hydrogens is 423 g/mol. The molecule has 168 valence electrons. The monoisotopic (exact) mass is 446 g/mol. The lowest BCUT2D eigenvalue weighted by molar-refractivity contribution is -0.137. The molecule has 2 amide bonds. The fraction of sp³-hybridized carbons (Fsp3) is 0.154. The van der Waals surface area contributed by atoms with E-state index in [4.69, 9.17) is 9.47 Å². The third-order valence-corrected chi connectivity index (χ3v) is 5.38. The fourth-order valence-electron chi connectivity index (χ4n) is 3.62. The Morgan fingerprint density at radius 3 is 2.03 bits per heavy atom. The summed E-state index contributed by atoms with van der Waals surface area (Å²) in [7, 11) is 3.05. The molecule has 0 aliphatic carbocycles. The van der Waals surface area contributed by atoms with Crippen molar-refractivity contribution >= 4 is 23.1 Å². The van der Waals surface area contributed by atoms with Crippen LogP contribution in [0.3, 0.4) is 0 Å². The lowest BCUT2D eigenvalue weighted by atomic mass is 10.0. The predicted molar refractivity (Wildman–Crippen MR) is 123 cm³/mol. The molecule has 4 rings (SSSR count). The number of rotatable bonds is 7. The normalized spacial score (nSPS) is 13.5. The first-order valence-electron chi connectivity index (χ1n) is 10.3. The van der Waals surface area contributed by atoms with Gasteiger partial charge in [0.15, 0.2) is 0 Å². The van der Waals surface area contributed by atoms with Gasteiger partial charge in [0.05, 0.1) is 26.3 Å². The molecule has 1 N–H and O–H groups in total. The first-order valence-corrected chi connectivity index (χ1v) is 10.3. The molecule has 0 atom stereocenters. The van der Waals surface area contributed by atoms with E-state index >= 15 is 0 Å². The first-order chi connectivity index (χ1) is 15.9. The van der Waals surface area contributed by atoms with Gasteiger partial charge in [0, 0.05) is 23.9 Å². The average Bonchev–Trinajstić information content (AvgIpc) is 3.05. The van der Waals surface area contributed by atoms with Crippen LogP contribution in [0.25, 0.3) is 5.57 Å². The Morgan fingerprint density at radius 2 is 1.45 bits per heavy atom. The molecule has 0 radical (unpaired) electrons. The van der Waals surface area contributed by atoms with Crippen LogP contribution in [0.5, 0.6) is 11.5 Å². The maximum atomic E-state index is 13.5. The van der Waals surface area contributed by atoms with Crippen molar-refractivity contribution in [3.05, 3.63) is 94.9 Å². The number of aryl methyl sites for hydroxylation is 1. The largest absolute Gasteiger partial charge is 0.497 e. The Balaban J connectivity index is 1.75. The number of ether oxygens (including phenoxy) is 2. The van der Waals surface area contributed by atoms with Gasteiger partial charge in [-0.1, -0.05) is 42.0 Å². The summed E-state index contributed by atoms with van der Waals surface area (Å²) >= 11 is 0. The van der Waals surface area contributed by atoms with Gasteiger partial charge in [-0.3, -0.25) is 14.5 Å². The Hall–Kier alpha value is -4.13. The molecule has 3 aromatic carbocycles. The molecule has 0 fully saturated rings. The van der Waals surface area contributed by atoms with E-state index in [-0.39, 0.29) is 17.8 Å². The van der Waals surface area contributed by atoms with Crippen molar-refractivity contribution in [2.75, 3.05) is 19.5 Å². The number of carbonyl (C=O) groups is 2. The average molecular weight is 446 g/mol. The Labute approximate surface area is 191 Å². The Morgan fingerprint density at radius 1 is 0.848 bits per heavy atom. The summed E-state index contributed by atoms with van der Waals surface area (Å²) in [5.74, 6) is -0.311. The summed E-state index contributed by atoms with van der Waals surface area (Å²) in [4.78, 5) is 28.0. The van der Waals surface area contributed by atoms with Gasteiger partial charge in [-0.15, -0.1) is 0 Å². The van der Waals surface area contributed by atoms with Crippen LogP contribution in [-0.2, 0) is 16.1 Å². The van der Waals surface area contributed by atoms with Crippen molar-refractivity contribution in [3.63, 3.8) is 0 Å². The van der Waals surface area contributed by atoms with E-state index in [9.17, 15) is 14.0 Å². The number of hydrogen-bond acceptors (Lipinski definition) is 5. The van der Waals surface area contributed by atoms with Crippen molar-refractivity contribution in [2.45, 2.75) is 13.5 Å². The van der Waals surface area contributed by atoms with Crippen LogP contribution in [0.1, 0.15) is 16.7 Å². The van der Waals surface area contributed by atoms with Gasteiger partial charge in [-0.05, 0) is 30.2 Å². The van der Waals surface area contributed by atoms with Crippen LogP contribution in [0, 0.1) is 12.7 Å². The highest BCUT2D eigenvalue weighted by atomic mass is 19.1. The van der Waals surface area contributed by atoms with Crippen LogP contribution < -0.4 is 14.8 Å². The molecule has 0 unspecified atom stereocenters. The van der Waals surface area contributed by atoms with Crippen molar-refractivity contribution in [2.24, 2.45) is 0 Å². The smallest absolute Gasteiger partial charge is 0.278 e. The van der Waals surface area contributed by atoms with Gasteiger partial charge in [0.1, 0.15) is 23.0 Å². The fourth-order valence-corrected chi connectivity index (χ4v) is 3.62. The maximum absolute atomic E-state index is 13.5. The van der Waals surface area contributed by atoms with Gasteiger partial charge < -0.3 is 14.8 Å². The van der Waals surface area contributed by atoms with Crippen LogP contribution in [0.4, 0.5) is 10.1 Å². The molecule has 7 heteroatoms. The maximum Gasteiger partial charge on any atom is 0.278 e. The second-order valence-corrected chi connectivity index (χ2v) is 7.67. The summed E-state index contributed by atoms with van der Waals surface area (Å²) in [6.07, 6.45) is 0. The number of amides is 2. The van der Waals surface area contributed by atoms with Gasteiger partial charge in [-0.25, -0.2) is 4.39 Å². The number of hydrogen-bond donors (Lipinski definition) is 1. The van der Waals surface area contributed by atoms with Crippen molar-refractivity contribution in [1.82, 2.24) is 4.90 Å². The van der Waals surface area contributed by atoms with E-state index in [0.29, 0.717) is 22.7 Å². The van der Waals surface area contributed by atoms with E-state index in [1.807, 2.05) is 31.2 Å². The molecule has 0 saturated heterocycles. The third kappa shape index (κ3) is 4.57. The van der Waals surface area contributed by atoms with E-state index in [1.165, 1.54) is 43.4 Å². The molecule has 1 aliphatic rings. The number of imide groups is 1. The van der Waals surface area contributed by atoms with E-state index in [1.54, 1.807) is 18.2 Å². The third-order valence-electron chi connectivity index (χ3n) is 5.38. The van der Waals surface area contributed by atoms with Crippen LogP contribution in [0.2, 0.25) is 0 Å². The predicted octanol–water partition coefficient (Wildman–Crippen LogP) is 4.54. The topological polar surface area (TPSA) is 67.9 Å². The van der Waals surface area contributed by atoms with Crippen molar-refractivity contribution in [3.8, 4) is 11.5 Å². The van der Waals surface area contributed by atoms with E-state index in [0.717, 1.165) is 11.1 Å². The molecule has 0 saturated carbocycles. The SMILES string of the molecule is COc1cc(NC2=C(c3ccc(F)cc3)C(=O)N(Cc3ccc(C)cc3)C2=O)cc(OC)c1. The minimum Gasteiger partial charge on any atom is -0.497 e. The zero-order chi connectivity index (χ0) is 23.5. The number of anilines is 1. The van der Waals surface area contributed by atoms with E-state index in [2.05, 4.69) is 5.32 Å². The summed E-state index contributed by atoms with van der Waals surface area (Å²) in [5, 5.41) is 3.07. The summed E-state index contributed by atoms with van der Waals surface area (Å²) < 4.78 is 24.1. The van der Waals surface area contributed by atoms with Gasteiger partial charge in [0.25, 0.3) is 11.8 Å². The number of benzene rings is 3. The number of carbonyl (C=O) groups excluding carboxylic acids is 2. The highest BCUT2D eigenvalue weighted by molar-refractivity contribution is 6.36. The minimum atomic E-state index is -0.471. The molecule has 6 nitrogen and oxygen atoms in total. The van der Waals surface area contributed by atoms with Crippen LogP contribution >= 0.6 is 0 Å². The lowest BCUT2D eigenvalue weighted by Gasteiger charge is -2.16. The van der Waals surface area contributed by atoms with Crippen LogP contribution in [-0.4, -0.2) is 30.9 Å². The highest BCUT2D eigenvalue weighted by Crippen LogP contribution is 2.33. The molecule has 0 spiro atoms. The van der Waals surface area contributed by atoms with Crippen LogP contribution in [0.15, 0.2) is 72.4 Å². The molecule has 0 aromatic heterocycles. The second kappa shape index (κ2) is 9.16. The molecule has 1 heterocycles. The number of nitrogens with zero attached hydrogens (tertiary/aromatic N) is 1. The Kier molecular flexibility index (Phi) is 6.13. The number of methoxy groups -OCH3 is 2. The summed E-state index contributed by atoms with van der Waals surface area (Å²) in [6, 6.07) is 18.2. The quantitative estimate of drug-likeness (QED) is 0.540. The molecule has 3 aromatic rings. The minimum absolute atomic E-state index is 0.106. The Bertz CT molecular complexity index is 1210. The van der Waals surface area contributed by atoms with Gasteiger partial charge in [-0.2, -0.15) is 0 Å². The lowest BCUT2D eigenvalue weighted by Crippen LogP contribution is -2.32. The zero-order valence-electron chi connectivity index (χ0n) is 18.5. The molecule has 1 aliphatic heterocycles. The summed E-state index contributed by atoms with van der Waals surface area (Å²) in [5.41, 5.74) is 3.14. The first kappa shape index (κ1) is 22.1. The van der Waals surface area contributed by atoms with Gasteiger partial charge >= 0.3 is 0 Å². The standard InChI is InChI=1S/C26H23FN2O4/c1-16-4-6-17(7-5-16)15-29-25(30)23(18-8-10-19(27)11-9-18)24(26(29)31)28-20-12-21(32-2)14-22(13-20)33-3/h4-14,28H,15H2,1-3H3. The van der Waals surface area contributed by atoms with Gasteiger partial charge in [0.2, 0.25) is 0 Å². The molecular formula is C26H23FN2O4. The zero-order valence-corrected chi connectivity index (χ0v) is 18.5. The summed E-state index contributed by atoms with van der Waals surface area (Å²) in [6.45, 7) is 2.09. The second-order valence-electron chi connectivity index (χ2n) is 7.67. The number of nitrogens with one attached hydrogen (secondary N) is 1. The van der Waals surface area contributed by atoms with E-state index < -0.39 is 17.6 Å². The van der Waals surface area contributed by atoms with Crippen molar-refractivity contribution < 1.29 is 23.5 Å². The molecule has 0 bridgehead atoms. The van der Waals surface area contributed by atoms with Crippen molar-refractivity contribution in [1.29, 1.82) is 0 Å². The molecule has 33 heavy (non-hydrogen) atoms. The number of halogens is 1. The highest BCUT2D eigenvalue weighted by Gasteiger charge is 2.39.